The highest BCUT2D eigenvalue weighted by Crippen LogP contribution is 2.27. The Hall–Kier alpha value is -5.35. The lowest BCUT2D eigenvalue weighted by atomic mass is 10.1. The van der Waals surface area contributed by atoms with Crippen LogP contribution in [0.5, 0.6) is 17.2 Å². The summed E-state index contributed by atoms with van der Waals surface area (Å²) in [5, 5.41) is 4.42. The van der Waals surface area contributed by atoms with Gasteiger partial charge >= 0.3 is 5.97 Å². The van der Waals surface area contributed by atoms with Gasteiger partial charge in [0.25, 0.3) is 15.9 Å². The Morgan fingerprint density at radius 1 is 0.698 bits per heavy atom. The molecule has 0 bridgehead atoms. The van der Waals surface area contributed by atoms with Crippen LogP contribution in [0.4, 0.5) is 11.4 Å². The van der Waals surface area contributed by atoms with Crippen molar-refractivity contribution >= 4 is 44.0 Å². The number of nitrogens with one attached hydrogen (secondary N) is 1. The van der Waals surface area contributed by atoms with Gasteiger partial charge in [-0.2, -0.15) is 0 Å². The minimum absolute atomic E-state index is 0.176. The number of rotatable bonds is 11. The van der Waals surface area contributed by atoms with Crippen molar-refractivity contribution < 1.29 is 32.2 Å². The van der Waals surface area contributed by atoms with Crippen molar-refractivity contribution in [3.05, 3.63) is 121 Å². The number of hydrogen-bond donors (Lipinski definition) is 1. The van der Waals surface area contributed by atoms with Crippen LogP contribution in [0.3, 0.4) is 0 Å². The summed E-state index contributed by atoms with van der Waals surface area (Å²) in [6.07, 6.45) is 0. The van der Waals surface area contributed by atoms with E-state index in [1.54, 1.807) is 66.7 Å². The predicted octanol–water partition coefficient (Wildman–Crippen LogP) is 6.02. The zero-order chi connectivity index (χ0) is 30.2. The minimum atomic E-state index is -3.80. The van der Waals surface area contributed by atoms with Gasteiger partial charge in [-0.25, -0.2) is 13.2 Å². The number of esters is 1. The molecular weight excluding hydrogens is 568 g/mol. The number of hydrogen-bond acceptors (Lipinski definition) is 7. The zero-order valence-corrected chi connectivity index (χ0v) is 24.0. The number of para-hydroxylation sites is 1. The number of ether oxygens (including phenoxy) is 3. The number of benzene rings is 5. The Bertz CT molecular complexity index is 1830. The molecule has 5 rings (SSSR count). The van der Waals surface area contributed by atoms with E-state index in [1.807, 2.05) is 54.6 Å². The molecule has 0 aliphatic rings. The van der Waals surface area contributed by atoms with Gasteiger partial charge in [0.15, 0.2) is 13.2 Å². The van der Waals surface area contributed by atoms with Gasteiger partial charge in [-0.3, -0.25) is 9.10 Å². The summed E-state index contributed by atoms with van der Waals surface area (Å²) >= 11 is 0. The van der Waals surface area contributed by atoms with Crippen molar-refractivity contribution in [3.63, 3.8) is 0 Å². The van der Waals surface area contributed by atoms with Crippen molar-refractivity contribution in [3.8, 4) is 17.2 Å². The standard InChI is InChI=1S/C33H28N2O7S/c1-35(43(38,39)31-20-11-24-7-5-6-8-25(24)21-31)27-14-18-28(19-15-27)40-23-33(37)41-22-32(36)34-26-12-16-30(17-13-26)42-29-9-3-2-4-10-29/h2-21H,22-23H2,1H3,(H,34,36). The van der Waals surface area contributed by atoms with E-state index in [4.69, 9.17) is 14.2 Å². The summed E-state index contributed by atoms with van der Waals surface area (Å²) in [4.78, 5) is 24.5. The number of anilines is 2. The molecule has 0 unspecified atom stereocenters. The van der Waals surface area contributed by atoms with Gasteiger partial charge in [-0.1, -0.05) is 48.5 Å². The van der Waals surface area contributed by atoms with Crippen LogP contribution in [-0.2, 0) is 24.3 Å². The van der Waals surface area contributed by atoms with Crippen molar-refractivity contribution in [1.29, 1.82) is 0 Å². The maximum absolute atomic E-state index is 13.2. The van der Waals surface area contributed by atoms with E-state index >= 15 is 0 Å². The second kappa shape index (κ2) is 13.1. The number of fused-ring (bicyclic) bond motifs is 1. The third kappa shape index (κ3) is 7.49. The molecule has 0 heterocycles. The van der Waals surface area contributed by atoms with Gasteiger partial charge in [0, 0.05) is 12.7 Å². The molecule has 0 spiro atoms. The Labute approximate surface area is 249 Å². The van der Waals surface area contributed by atoms with Crippen LogP contribution in [0, 0.1) is 0 Å². The highest BCUT2D eigenvalue weighted by Gasteiger charge is 2.21. The molecule has 5 aromatic rings. The van der Waals surface area contributed by atoms with Gasteiger partial charge in [0.1, 0.15) is 17.2 Å². The molecule has 0 radical (unpaired) electrons. The first-order valence-corrected chi connectivity index (χ1v) is 14.7. The highest BCUT2D eigenvalue weighted by molar-refractivity contribution is 7.92. The molecule has 9 nitrogen and oxygen atoms in total. The molecule has 0 saturated heterocycles. The minimum Gasteiger partial charge on any atom is -0.482 e. The Morgan fingerprint density at radius 2 is 1.33 bits per heavy atom. The molecular formula is C33H28N2O7S. The number of carbonyl (C=O) groups excluding carboxylic acids is 2. The summed E-state index contributed by atoms with van der Waals surface area (Å²) in [5.74, 6) is 0.395. The fourth-order valence-electron chi connectivity index (χ4n) is 4.14. The van der Waals surface area contributed by atoms with Crippen LogP contribution >= 0.6 is 0 Å². The maximum Gasteiger partial charge on any atom is 0.344 e. The van der Waals surface area contributed by atoms with Crippen LogP contribution in [0.15, 0.2) is 126 Å². The number of carbonyl (C=O) groups is 2. The van der Waals surface area contributed by atoms with Crippen LogP contribution in [0.1, 0.15) is 0 Å². The lowest BCUT2D eigenvalue weighted by molar-refractivity contribution is -0.149. The van der Waals surface area contributed by atoms with Crippen molar-refractivity contribution in [1.82, 2.24) is 0 Å². The molecule has 5 aromatic carbocycles. The second-order valence-electron chi connectivity index (χ2n) is 9.41. The summed E-state index contributed by atoms with van der Waals surface area (Å²) in [7, 11) is -2.33. The first-order chi connectivity index (χ1) is 20.8. The first kappa shape index (κ1) is 29.2. The van der Waals surface area contributed by atoms with E-state index in [9.17, 15) is 18.0 Å². The SMILES string of the molecule is CN(c1ccc(OCC(=O)OCC(=O)Nc2ccc(Oc3ccccc3)cc2)cc1)S(=O)(=O)c1ccc2ccccc2c1. The van der Waals surface area contributed by atoms with Gasteiger partial charge in [0.05, 0.1) is 10.6 Å². The molecule has 1 amide bonds. The van der Waals surface area contributed by atoms with Crippen molar-refractivity contribution in [2.45, 2.75) is 4.90 Å². The molecule has 0 aliphatic carbocycles. The average Bonchev–Trinajstić information content (AvgIpc) is 3.04. The third-order valence-electron chi connectivity index (χ3n) is 6.42. The lowest BCUT2D eigenvalue weighted by Gasteiger charge is -2.20. The number of amides is 1. The van der Waals surface area contributed by atoms with E-state index in [0.29, 0.717) is 28.6 Å². The summed E-state index contributed by atoms with van der Waals surface area (Å²) in [5.41, 5.74) is 0.935. The number of nitrogens with zero attached hydrogens (tertiary/aromatic N) is 1. The molecule has 0 fully saturated rings. The molecule has 10 heteroatoms. The normalized spacial score (nSPS) is 11.0. The van der Waals surface area contributed by atoms with Gasteiger partial charge in [0.2, 0.25) is 0 Å². The van der Waals surface area contributed by atoms with Crippen LogP contribution in [0.2, 0.25) is 0 Å². The Morgan fingerprint density at radius 3 is 2.05 bits per heavy atom. The molecule has 0 saturated carbocycles. The van der Waals surface area contributed by atoms with Crippen molar-refractivity contribution in [2.75, 3.05) is 29.9 Å². The highest BCUT2D eigenvalue weighted by atomic mass is 32.2. The van der Waals surface area contributed by atoms with Crippen LogP contribution < -0.4 is 19.1 Å². The summed E-state index contributed by atoms with van der Waals surface area (Å²) < 4.78 is 43.7. The van der Waals surface area contributed by atoms with E-state index < -0.39 is 35.1 Å². The van der Waals surface area contributed by atoms with Gasteiger partial charge in [-0.05, 0) is 83.6 Å². The topological polar surface area (TPSA) is 111 Å². The third-order valence-corrected chi connectivity index (χ3v) is 8.20. The van der Waals surface area contributed by atoms with E-state index in [0.717, 1.165) is 10.8 Å². The summed E-state index contributed by atoms with van der Waals surface area (Å²) in [6.45, 7) is -0.912. The molecule has 1 N–H and O–H groups in total. The predicted molar refractivity (Wildman–Crippen MR) is 164 cm³/mol. The smallest absolute Gasteiger partial charge is 0.344 e. The summed E-state index contributed by atoms with van der Waals surface area (Å²) in [6, 6.07) is 34.8. The zero-order valence-electron chi connectivity index (χ0n) is 23.2. The quantitative estimate of drug-likeness (QED) is 0.186. The van der Waals surface area contributed by atoms with Gasteiger partial charge < -0.3 is 19.5 Å². The van der Waals surface area contributed by atoms with E-state index in [-0.39, 0.29) is 4.90 Å². The second-order valence-corrected chi connectivity index (χ2v) is 11.4. The first-order valence-electron chi connectivity index (χ1n) is 13.3. The van der Waals surface area contributed by atoms with Crippen LogP contribution in [0.25, 0.3) is 10.8 Å². The molecule has 0 atom stereocenters. The Kier molecular flexibility index (Phi) is 8.88. The van der Waals surface area contributed by atoms with Crippen LogP contribution in [-0.4, -0.2) is 40.6 Å². The number of sulfonamides is 1. The fraction of sp³-hybridized carbons (Fsp3) is 0.0909. The lowest BCUT2D eigenvalue weighted by Crippen LogP contribution is -2.26. The van der Waals surface area contributed by atoms with E-state index in [2.05, 4.69) is 5.32 Å². The average molecular weight is 597 g/mol. The molecule has 0 aliphatic heterocycles. The monoisotopic (exact) mass is 596 g/mol. The molecule has 218 valence electrons. The largest absolute Gasteiger partial charge is 0.482 e. The van der Waals surface area contributed by atoms with Crippen molar-refractivity contribution in [2.24, 2.45) is 0 Å². The molecule has 0 aromatic heterocycles. The Balaban J connectivity index is 1.07. The molecule has 43 heavy (non-hydrogen) atoms. The van der Waals surface area contributed by atoms with E-state index in [1.165, 1.54) is 11.4 Å². The fourth-order valence-corrected chi connectivity index (χ4v) is 5.37. The maximum atomic E-state index is 13.2. The van der Waals surface area contributed by atoms with Gasteiger partial charge in [-0.15, -0.1) is 0 Å².